The summed E-state index contributed by atoms with van der Waals surface area (Å²) < 4.78 is 27.4. The lowest BCUT2D eigenvalue weighted by Crippen LogP contribution is -2.35. The minimum atomic E-state index is -3.56. The Bertz CT molecular complexity index is 788. The summed E-state index contributed by atoms with van der Waals surface area (Å²) in [5.74, 6) is 0.738. The maximum atomic E-state index is 13.0. The highest BCUT2D eigenvalue weighted by Crippen LogP contribution is 2.39. The van der Waals surface area contributed by atoms with Gasteiger partial charge >= 0.3 is 0 Å². The SMILES string of the molecule is Cc1ccccc1S(=O)(=O)N1CCSc2ccc(N)cc21. The molecule has 0 spiro atoms. The van der Waals surface area contributed by atoms with Crippen LogP contribution in [0.3, 0.4) is 0 Å². The van der Waals surface area contributed by atoms with Gasteiger partial charge in [0.1, 0.15) is 0 Å². The smallest absolute Gasteiger partial charge is 0.264 e. The largest absolute Gasteiger partial charge is 0.399 e. The molecule has 0 atom stereocenters. The van der Waals surface area contributed by atoms with E-state index in [1.807, 2.05) is 25.1 Å². The molecule has 6 heteroatoms. The lowest BCUT2D eigenvalue weighted by atomic mass is 10.2. The molecule has 0 saturated heterocycles. The van der Waals surface area contributed by atoms with E-state index in [9.17, 15) is 8.42 Å². The van der Waals surface area contributed by atoms with Crippen LogP contribution in [0.1, 0.15) is 5.56 Å². The van der Waals surface area contributed by atoms with Crippen molar-refractivity contribution in [3.05, 3.63) is 48.0 Å². The van der Waals surface area contributed by atoms with E-state index in [4.69, 9.17) is 5.73 Å². The van der Waals surface area contributed by atoms with Gasteiger partial charge in [-0.2, -0.15) is 0 Å². The second kappa shape index (κ2) is 5.27. The van der Waals surface area contributed by atoms with E-state index < -0.39 is 10.0 Å². The van der Waals surface area contributed by atoms with Crippen molar-refractivity contribution in [2.24, 2.45) is 0 Å². The summed E-state index contributed by atoms with van der Waals surface area (Å²) in [7, 11) is -3.56. The van der Waals surface area contributed by atoms with Crippen LogP contribution in [-0.4, -0.2) is 20.7 Å². The molecule has 110 valence electrons. The third-order valence-corrected chi connectivity index (χ3v) is 6.48. The molecule has 1 heterocycles. The van der Waals surface area contributed by atoms with Crippen molar-refractivity contribution in [1.29, 1.82) is 0 Å². The zero-order chi connectivity index (χ0) is 15.0. The van der Waals surface area contributed by atoms with Crippen LogP contribution in [0, 0.1) is 6.92 Å². The third kappa shape index (κ3) is 2.49. The van der Waals surface area contributed by atoms with E-state index in [1.165, 1.54) is 4.31 Å². The Morgan fingerprint density at radius 1 is 1.19 bits per heavy atom. The first-order valence-corrected chi connectivity index (χ1v) is 9.03. The van der Waals surface area contributed by atoms with Crippen LogP contribution in [0.4, 0.5) is 11.4 Å². The number of anilines is 2. The van der Waals surface area contributed by atoms with Gasteiger partial charge in [0.2, 0.25) is 0 Å². The molecule has 4 nitrogen and oxygen atoms in total. The molecule has 21 heavy (non-hydrogen) atoms. The summed E-state index contributed by atoms with van der Waals surface area (Å²) in [4.78, 5) is 1.30. The van der Waals surface area contributed by atoms with Gasteiger partial charge in [-0.3, -0.25) is 4.31 Å². The van der Waals surface area contributed by atoms with Gasteiger partial charge in [-0.25, -0.2) is 8.42 Å². The predicted octanol–water partition coefficient (Wildman–Crippen LogP) is 2.88. The standard InChI is InChI=1S/C15H16N2O2S2/c1-11-4-2-3-5-15(11)21(18,19)17-8-9-20-14-7-6-12(16)10-13(14)17/h2-7,10H,8-9,16H2,1H3. The van der Waals surface area contributed by atoms with Gasteiger partial charge < -0.3 is 5.73 Å². The highest BCUT2D eigenvalue weighted by Gasteiger charge is 2.30. The molecule has 2 aromatic carbocycles. The van der Waals surface area contributed by atoms with Crippen molar-refractivity contribution in [3.8, 4) is 0 Å². The molecular formula is C15H16N2O2S2. The molecule has 2 aromatic rings. The van der Waals surface area contributed by atoms with Crippen LogP contribution in [0.25, 0.3) is 0 Å². The number of rotatable bonds is 2. The first-order valence-electron chi connectivity index (χ1n) is 6.61. The summed E-state index contributed by atoms with van der Waals surface area (Å²) in [6.07, 6.45) is 0. The first kappa shape index (κ1) is 14.3. The lowest BCUT2D eigenvalue weighted by Gasteiger charge is -2.30. The van der Waals surface area contributed by atoms with Crippen molar-refractivity contribution >= 4 is 33.2 Å². The molecule has 3 rings (SSSR count). The number of fused-ring (bicyclic) bond motifs is 1. The van der Waals surface area contributed by atoms with Crippen molar-refractivity contribution in [2.75, 3.05) is 22.3 Å². The maximum Gasteiger partial charge on any atom is 0.264 e. The molecular weight excluding hydrogens is 304 g/mol. The normalized spacial score (nSPS) is 14.8. The fourth-order valence-electron chi connectivity index (χ4n) is 2.42. The molecule has 1 aliphatic heterocycles. The molecule has 0 saturated carbocycles. The molecule has 0 fully saturated rings. The Morgan fingerprint density at radius 2 is 1.95 bits per heavy atom. The second-order valence-electron chi connectivity index (χ2n) is 4.92. The van der Waals surface area contributed by atoms with Crippen LogP contribution >= 0.6 is 11.8 Å². The number of nitrogens with two attached hydrogens (primary N) is 1. The van der Waals surface area contributed by atoms with Crippen molar-refractivity contribution in [1.82, 2.24) is 0 Å². The number of aryl methyl sites for hydroxylation is 1. The Balaban J connectivity index is 2.14. The van der Waals surface area contributed by atoms with Crippen LogP contribution in [0.5, 0.6) is 0 Å². The van der Waals surface area contributed by atoms with E-state index in [2.05, 4.69) is 0 Å². The van der Waals surface area contributed by atoms with E-state index in [0.717, 1.165) is 16.2 Å². The molecule has 0 amide bonds. The van der Waals surface area contributed by atoms with Crippen LogP contribution < -0.4 is 10.0 Å². The summed E-state index contributed by atoms with van der Waals surface area (Å²) in [6, 6.07) is 12.5. The number of nitrogen functional groups attached to an aromatic ring is 1. The Labute approximate surface area is 129 Å². The lowest BCUT2D eigenvalue weighted by molar-refractivity contribution is 0.591. The highest BCUT2D eigenvalue weighted by atomic mass is 32.2. The number of sulfonamides is 1. The number of hydrogen-bond donors (Lipinski definition) is 1. The fraction of sp³-hybridized carbons (Fsp3) is 0.200. The van der Waals surface area contributed by atoms with Gasteiger partial charge in [0.05, 0.1) is 10.6 Å². The average Bonchev–Trinajstić information content (AvgIpc) is 2.46. The topological polar surface area (TPSA) is 63.4 Å². The maximum absolute atomic E-state index is 13.0. The minimum absolute atomic E-state index is 0.352. The monoisotopic (exact) mass is 320 g/mol. The Hall–Kier alpha value is -1.66. The van der Waals surface area contributed by atoms with Crippen molar-refractivity contribution < 1.29 is 8.42 Å². The average molecular weight is 320 g/mol. The minimum Gasteiger partial charge on any atom is -0.399 e. The second-order valence-corrected chi connectivity index (χ2v) is 7.89. The zero-order valence-corrected chi connectivity index (χ0v) is 13.2. The van der Waals surface area contributed by atoms with Crippen LogP contribution in [0.2, 0.25) is 0 Å². The molecule has 2 N–H and O–H groups in total. The molecule has 0 radical (unpaired) electrons. The van der Waals surface area contributed by atoms with Crippen molar-refractivity contribution in [3.63, 3.8) is 0 Å². The summed E-state index contributed by atoms with van der Waals surface area (Å²) >= 11 is 1.65. The number of hydrogen-bond acceptors (Lipinski definition) is 4. The van der Waals surface area contributed by atoms with Gasteiger partial charge in [0.25, 0.3) is 10.0 Å². The predicted molar refractivity (Wildman–Crippen MR) is 87.3 cm³/mol. The van der Waals surface area contributed by atoms with E-state index in [0.29, 0.717) is 22.8 Å². The number of nitrogens with zero attached hydrogens (tertiary/aromatic N) is 1. The van der Waals surface area contributed by atoms with E-state index in [-0.39, 0.29) is 0 Å². The molecule has 0 bridgehead atoms. The van der Waals surface area contributed by atoms with Gasteiger partial charge in [0, 0.05) is 22.9 Å². The molecule has 0 aromatic heterocycles. The third-order valence-electron chi connectivity index (χ3n) is 3.47. The van der Waals surface area contributed by atoms with Gasteiger partial charge in [-0.05, 0) is 36.8 Å². The number of thioether (sulfide) groups is 1. The Morgan fingerprint density at radius 3 is 2.71 bits per heavy atom. The highest BCUT2D eigenvalue weighted by molar-refractivity contribution is 8.00. The van der Waals surface area contributed by atoms with Crippen LogP contribution in [0.15, 0.2) is 52.3 Å². The summed E-state index contributed by atoms with van der Waals surface area (Å²) in [5.41, 5.74) is 7.82. The molecule has 0 aliphatic carbocycles. The molecule has 1 aliphatic rings. The van der Waals surface area contributed by atoms with Crippen molar-refractivity contribution in [2.45, 2.75) is 16.7 Å². The van der Waals surface area contributed by atoms with Gasteiger partial charge in [-0.15, -0.1) is 11.8 Å². The van der Waals surface area contributed by atoms with Gasteiger partial charge in [0.15, 0.2) is 0 Å². The Kier molecular flexibility index (Phi) is 3.59. The fourth-order valence-corrected chi connectivity index (χ4v) is 5.28. The number of benzene rings is 2. The van der Waals surface area contributed by atoms with Gasteiger partial charge in [-0.1, -0.05) is 18.2 Å². The zero-order valence-electron chi connectivity index (χ0n) is 11.6. The quantitative estimate of drug-likeness (QED) is 0.864. The summed E-state index contributed by atoms with van der Waals surface area (Å²) in [5, 5.41) is 0. The molecule has 0 unspecified atom stereocenters. The first-order chi connectivity index (χ1) is 10.00. The summed E-state index contributed by atoms with van der Waals surface area (Å²) in [6.45, 7) is 2.27. The van der Waals surface area contributed by atoms with E-state index in [1.54, 1.807) is 36.0 Å². The van der Waals surface area contributed by atoms with E-state index >= 15 is 0 Å². The van der Waals surface area contributed by atoms with Crippen LogP contribution in [-0.2, 0) is 10.0 Å².